The number of nitro groups is 1. The Hall–Kier alpha value is -2.16. The van der Waals surface area contributed by atoms with Crippen LogP contribution in [0.15, 0.2) is 48.5 Å². The third kappa shape index (κ3) is 2.50. The van der Waals surface area contributed by atoms with Gasteiger partial charge in [-0.3, -0.25) is 10.1 Å². The molecule has 86 valence electrons. The lowest BCUT2D eigenvalue weighted by atomic mass is 10.0. The number of nitro benzene ring substituents is 1. The number of hydrogen-bond acceptors (Lipinski definition) is 2. The largest absolute Gasteiger partial charge is 0.269 e. The summed E-state index contributed by atoms with van der Waals surface area (Å²) in [6.45, 7) is 2.11. The molecule has 0 fully saturated rings. The number of rotatable bonds is 3. The Bertz CT molecular complexity index is 532. The van der Waals surface area contributed by atoms with Crippen molar-refractivity contribution in [2.75, 3.05) is 0 Å². The lowest BCUT2D eigenvalue weighted by Gasteiger charge is -2.03. The molecule has 2 aromatic carbocycles. The minimum Gasteiger partial charge on any atom is -0.258 e. The second-order valence-electron chi connectivity index (χ2n) is 3.86. The van der Waals surface area contributed by atoms with Gasteiger partial charge in [-0.05, 0) is 35.2 Å². The van der Waals surface area contributed by atoms with E-state index in [0.717, 1.165) is 17.5 Å². The van der Waals surface area contributed by atoms with Crippen LogP contribution in [0.25, 0.3) is 11.1 Å². The lowest BCUT2D eigenvalue weighted by Crippen LogP contribution is -1.87. The average Bonchev–Trinajstić information content (AvgIpc) is 2.39. The Morgan fingerprint density at radius 3 is 2.35 bits per heavy atom. The molecule has 3 heteroatoms. The summed E-state index contributed by atoms with van der Waals surface area (Å²) in [6, 6.07) is 14.9. The van der Waals surface area contributed by atoms with E-state index in [-0.39, 0.29) is 10.6 Å². The van der Waals surface area contributed by atoms with Gasteiger partial charge in [-0.15, -0.1) is 0 Å². The molecular formula is C14H13NO2. The Balaban J connectivity index is 2.36. The summed E-state index contributed by atoms with van der Waals surface area (Å²) in [4.78, 5) is 10.2. The van der Waals surface area contributed by atoms with Crippen molar-refractivity contribution in [3.05, 3.63) is 64.2 Å². The van der Waals surface area contributed by atoms with Crippen molar-refractivity contribution in [1.29, 1.82) is 0 Å². The molecular weight excluding hydrogens is 214 g/mol. The summed E-state index contributed by atoms with van der Waals surface area (Å²) in [6.07, 6.45) is 0.987. The molecule has 0 aliphatic rings. The van der Waals surface area contributed by atoms with Gasteiger partial charge in [-0.1, -0.05) is 31.2 Å². The zero-order valence-corrected chi connectivity index (χ0v) is 9.59. The molecule has 0 bridgehead atoms. The molecule has 0 heterocycles. The molecule has 0 saturated carbocycles. The first-order valence-corrected chi connectivity index (χ1v) is 5.54. The maximum Gasteiger partial charge on any atom is 0.269 e. The number of hydrogen-bond donors (Lipinski definition) is 0. The SMILES string of the molecule is CCc1cccc(-c2ccc([N+](=O)[O-])cc2)c1. The zero-order valence-electron chi connectivity index (χ0n) is 9.59. The normalized spacial score (nSPS) is 10.2. The molecule has 17 heavy (non-hydrogen) atoms. The Labute approximate surface area is 99.9 Å². The topological polar surface area (TPSA) is 43.1 Å². The van der Waals surface area contributed by atoms with Crippen LogP contribution in [0.1, 0.15) is 12.5 Å². The summed E-state index contributed by atoms with van der Waals surface area (Å²) in [5, 5.41) is 10.6. The molecule has 0 aromatic heterocycles. The highest BCUT2D eigenvalue weighted by molar-refractivity contribution is 5.65. The van der Waals surface area contributed by atoms with Gasteiger partial charge in [0.05, 0.1) is 4.92 Å². The molecule has 0 aliphatic carbocycles. The van der Waals surface area contributed by atoms with Crippen LogP contribution in [0, 0.1) is 10.1 Å². The maximum absolute atomic E-state index is 10.6. The van der Waals surface area contributed by atoms with Crippen molar-refractivity contribution in [2.45, 2.75) is 13.3 Å². The van der Waals surface area contributed by atoms with Gasteiger partial charge in [0, 0.05) is 12.1 Å². The number of benzene rings is 2. The minimum absolute atomic E-state index is 0.125. The zero-order chi connectivity index (χ0) is 12.3. The third-order valence-corrected chi connectivity index (χ3v) is 2.75. The fraction of sp³-hybridized carbons (Fsp3) is 0.143. The van der Waals surface area contributed by atoms with E-state index in [9.17, 15) is 10.1 Å². The Kier molecular flexibility index (Phi) is 3.19. The number of non-ortho nitro benzene ring substituents is 1. The van der Waals surface area contributed by atoms with Crippen LogP contribution in [-0.4, -0.2) is 4.92 Å². The van der Waals surface area contributed by atoms with Crippen molar-refractivity contribution in [3.63, 3.8) is 0 Å². The van der Waals surface area contributed by atoms with Crippen LogP contribution >= 0.6 is 0 Å². The predicted molar refractivity (Wildman–Crippen MR) is 67.9 cm³/mol. The summed E-state index contributed by atoms with van der Waals surface area (Å²) in [5.41, 5.74) is 3.49. The fourth-order valence-electron chi connectivity index (χ4n) is 1.75. The van der Waals surface area contributed by atoms with Gasteiger partial charge in [0.25, 0.3) is 5.69 Å². The molecule has 0 spiro atoms. The van der Waals surface area contributed by atoms with Gasteiger partial charge in [0.2, 0.25) is 0 Å². The highest BCUT2D eigenvalue weighted by atomic mass is 16.6. The van der Waals surface area contributed by atoms with Gasteiger partial charge >= 0.3 is 0 Å². The van der Waals surface area contributed by atoms with Gasteiger partial charge in [-0.2, -0.15) is 0 Å². The average molecular weight is 227 g/mol. The summed E-state index contributed by atoms with van der Waals surface area (Å²) >= 11 is 0. The van der Waals surface area contributed by atoms with Gasteiger partial charge in [-0.25, -0.2) is 0 Å². The monoisotopic (exact) mass is 227 g/mol. The second kappa shape index (κ2) is 4.78. The number of aryl methyl sites for hydroxylation is 1. The molecule has 0 unspecified atom stereocenters. The summed E-state index contributed by atoms with van der Waals surface area (Å²) in [5.74, 6) is 0. The smallest absolute Gasteiger partial charge is 0.258 e. The minimum atomic E-state index is -0.383. The van der Waals surface area contributed by atoms with Crippen molar-refractivity contribution >= 4 is 5.69 Å². The van der Waals surface area contributed by atoms with Gasteiger partial charge in [0.1, 0.15) is 0 Å². The van der Waals surface area contributed by atoms with E-state index in [4.69, 9.17) is 0 Å². The molecule has 3 nitrogen and oxygen atoms in total. The molecule has 0 amide bonds. The van der Waals surface area contributed by atoms with Crippen molar-refractivity contribution in [2.24, 2.45) is 0 Å². The van der Waals surface area contributed by atoms with Crippen LogP contribution in [0.3, 0.4) is 0 Å². The van der Waals surface area contributed by atoms with E-state index in [0.29, 0.717) is 0 Å². The molecule has 0 radical (unpaired) electrons. The van der Waals surface area contributed by atoms with E-state index in [1.165, 1.54) is 17.7 Å². The van der Waals surface area contributed by atoms with Crippen LogP contribution in [0.4, 0.5) is 5.69 Å². The molecule has 0 N–H and O–H groups in total. The first kappa shape index (κ1) is 11.3. The van der Waals surface area contributed by atoms with Crippen LogP contribution in [0.5, 0.6) is 0 Å². The molecule has 0 saturated heterocycles. The van der Waals surface area contributed by atoms with Crippen molar-refractivity contribution in [3.8, 4) is 11.1 Å². The highest BCUT2D eigenvalue weighted by Gasteiger charge is 2.05. The maximum atomic E-state index is 10.6. The molecule has 0 aliphatic heterocycles. The Morgan fingerprint density at radius 2 is 1.76 bits per heavy atom. The van der Waals surface area contributed by atoms with E-state index in [1.807, 2.05) is 12.1 Å². The lowest BCUT2D eigenvalue weighted by molar-refractivity contribution is -0.384. The second-order valence-corrected chi connectivity index (χ2v) is 3.86. The van der Waals surface area contributed by atoms with Crippen LogP contribution in [-0.2, 0) is 6.42 Å². The van der Waals surface area contributed by atoms with E-state index in [1.54, 1.807) is 12.1 Å². The van der Waals surface area contributed by atoms with E-state index < -0.39 is 0 Å². The summed E-state index contributed by atoms with van der Waals surface area (Å²) < 4.78 is 0. The van der Waals surface area contributed by atoms with Gasteiger partial charge in [0.15, 0.2) is 0 Å². The highest BCUT2D eigenvalue weighted by Crippen LogP contribution is 2.23. The van der Waals surface area contributed by atoms with Gasteiger partial charge < -0.3 is 0 Å². The predicted octanol–water partition coefficient (Wildman–Crippen LogP) is 3.82. The van der Waals surface area contributed by atoms with E-state index >= 15 is 0 Å². The number of nitrogens with zero attached hydrogens (tertiary/aromatic N) is 1. The Morgan fingerprint density at radius 1 is 1.06 bits per heavy atom. The molecule has 2 aromatic rings. The third-order valence-electron chi connectivity index (χ3n) is 2.75. The first-order valence-electron chi connectivity index (χ1n) is 5.54. The van der Waals surface area contributed by atoms with E-state index in [2.05, 4.69) is 19.1 Å². The van der Waals surface area contributed by atoms with Crippen molar-refractivity contribution < 1.29 is 4.92 Å². The quantitative estimate of drug-likeness (QED) is 0.590. The molecule has 0 atom stereocenters. The van der Waals surface area contributed by atoms with Crippen LogP contribution < -0.4 is 0 Å². The first-order chi connectivity index (χ1) is 8.20. The van der Waals surface area contributed by atoms with Crippen molar-refractivity contribution in [1.82, 2.24) is 0 Å². The standard InChI is InChI=1S/C14H13NO2/c1-2-11-4-3-5-13(10-11)12-6-8-14(9-7-12)15(16)17/h3-10H,2H2,1H3. The molecule has 2 rings (SSSR count). The summed E-state index contributed by atoms with van der Waals surface area (Å²) in [7, 11) is 0. The fourth-order valence-corrected chi connectivity index (χ4v) is 1.75. The van der Waals surface area contributed by atoms with Crippen LogP contribution in [0.2, 0.25) is 0 Å².